The molecule has 0 aliphatic carbocycles. The maximum absolute atomic E-state index is 13.1. The molecular weight excluding hydrogens is 315 g/mol. The number of fused-ring (bicyclic) bond motifs is 1. The maximum atomic E-state index is 13.1. The summed E-state index contributed by atoms with van der Waals surface area (Å²) in [6.07, 6.45) is 0. The third-order valence-corrected chi connectivity index (χ3v) is 3.93. The van der Waals surface area contributed by atoms with E-state index in [1.54, 1.807) is 6.07 Å². The van der Waals surface area contributed by atoms with E-state index in [-0.39, 0.29) is 5.82 Å². The largest absolute Gasteiger partial charge is 0.332 e. The third-order valence-electron chi connectivity index (χ3n) is 2.45. The summed E-state index contributed by atoms with van der Waals surface area (Å²) in [5.41, 5.74) is 1.64. The number of aromatic nitrogens is 1. The molecule has 3 rings (SSSR count). The van der Waals surface area contributed by atoms with Crippen LogP contribution in [-0.2, 0) is 0 Å². The monoisotopic (exact) mass is 322 g/mol. The van der Waals surface area contributed by atoms with Gasteiger partial charge in [0, 0.05) is 16.2 Å². The SMILES string of the molecule is Fc1ccc2sc(Nc3ccc(Br)cc3)nc2c1. The Bertz CT molecular complexity index is 694. The molecule has 1 heterocycles. The van der Waals surface area contributed by atoms with Gasteiger partial charge in [-0.3, -0.25) is 0 Å². The van der Waals surface area contributed by atoms with Crippen LogP contribution in [0.25, 0.3) is 10.2 Å². The summed E-state index contributed by atoms with van der Waals surface area (Å²) in [5, 5.41) is 3.97. The fourth-order valence-electron chi connectivity index (χ4n) is 1.61. The lowest BCUT2D eigenvalue weighted by molar-refractivity contribution is 0.629. The number of hydrogen-bond donors (Lipinski definition) is 1. The van der Waals surface area contributed by atoms with Crippen molar-refractivity contribution in [2.45, 2.75) is 0 Å². The van der Waals surface area contributed by atoms with Crippen molar-refractivity contribution in [2.24, 2.45) is 0 Å². The number of rotatable bonds is 2. The number of thiazole rings is 1. The standard InChI is InChI=1S/C13H8BrFN2S/c14-8-1-4-10(5-2-8)16-13-17-11-7-9(15)3-6-12(11)18-13/h1-7H,(H,16,17). The molecule has 0 atom stereocenters. The van der Waals surface area contributed by atoms with E-state index in [1.165, 1.54) is 23.5 Å². The van der Waals surface area contributed by atoms with Crippen LogP contribution in [0.5, 0.6) is 0 Å². The normalized spacial score (nSPS) is 10.8. The first-order valence-corrected chi connectivity index (χ1v) is 6.90. The van der Waals surface area contributed by atoms with Gasteiger partial charge in [0.15, 0.2) is 5.13 Å². The number of benzene rings is 2. The molecule has 2 aromatic carbocycles. The van der Waals surface area contributed by atoms with E-state index in [1.807, 2.05) is 24.3 Å². The Hall–Kier alpha value is -1.46. The minimum absolute atomic E-state index is 0.261. The van der Waals surface area contributed by atoms with Gasteiger partial charge in [-0.25, -0.2) is 9.37 Å². The second-order valence-electron chi connectivity index (χ2n) is 3.76. The van der Waals surface area contributed by atoms with Gasteiger partial charge in [0.2, 0.25) is 0 Å². The highest BCUT2D eigenvalue weighted by Crippen LogP contribution is 2.29. The van der Waals surface area contributed by atoms with Gasteiger partial charge in [-0.1, -0.05) is 27.3 Å². The van der Waals surface area contributed by atoms with E-state index >= 15 is 0 Å². The van der Waals surface area contributed by atoms with Gasteiger partial charge in [0.25, 0.3) is 0 Å². The number of nitrogens with zero attached hydrogens (tertiary/aromatic N) is 1. The summed E-state index contributed by atoms with van der Waals surface area (Å²) in [6.45, 7) is 0. The van der Waals surface area contributed by atoms with Crippen molar-refractivity contribution in [2.75, 3.05) is 5.32 Å². The average molecular weight is 323 g/mol. The second-order valence-corrected chi connectivity index (χ2v) is 5.71. The molecule has 18 heavy (non-hydrogen) atoms. The quantitative estimate of drug-likeness (QED) is 0.722. The molecule has 0 bridgehead atoms. The van der Waals surface area contributed by atoms with Crippen molar-refractivity contribution in [1.29, 1.82) is 0 Å². The van der Waals surface area contributed by atoms with Crippen LogP contribution in [0.2, 0.25) is 0 Å². The van der Waals surface area contributed by atoms with Gasteiger partial charge in [-0.15, -0.1) is 0 Å². The van der Waals surface area contributed by atoms with Gasteiger partial charge in [-0.05, 0) is 36.4 Å². The molecule has 3 aromatic rings. The van der Waals surface area contributed by atoms with E-state index < -0.39 is 0 Å². The summed E-state index contributed by atoms with van der Waals surface area (Å²) in [5.74, 6) is -0.261. The van der Waals surface area contributed by atoms with Gasteiger partial charge in [0.05, 0.1) is 10.2 Å². The first kappa shape index (κ1) is 11.6. The lowest BCUT2D eigenvalue weighted by Gasteiger charge is -2.01. The molecule has 1 aromatic heterocycles. The molecule has 0 fully saturated rings. The number of nitrogens with one attached hydrogen (secondary N) is 1. The highest BCUT2D eigenvalue weighted by atomic mass is 79.9. The van der Waals surface area contributed by atoms with Gasteiger partial charge >= 0.3 is 0 Å². The van der Waals surface area contributed by atoms with Gasteiger partial charge in [0.1, 0.15) is 5.82 Å². The van der Waals surface area contributed by atoms with Gasteiger partial charge < -0.3 is 5.32 Å². The van der Waals surface area contributed by atoms with E-state index in [0.717, 1.165) is 20.0 Å². The molecule has 0 saturated heterocycles. The van der Waals surface area contributed by atoms with E-state index in [0.29, 0.717) is 5.52 Å². The van der Waals surface area contributed by atoms with Crippen LogP contribution < -0.4 is 5.32 Å². The van der Waals surface area contributed by atoms with Crippen LogP contribution in [0.15, 0.2) is 46.9 Å². The van der Waals surface area contributed by atoms with Crippen LogP contribution in [0.1, 0.15) is 0 Å². The minimum Gasteiger partial charge on any atom is -0.332 e. The van der Waals surface area contributed by atoms with E-state index in [9.17, 15) is 4.39 Å². The fraction of sp³-hybridized carbons (Fsp3) is 0. The molecule has 5 heteroatoms. The highest BCUT2D eigenvalue weighted by molar-refractivity contribution is 9.10. The zero-order chi connectivity index (χ0) is 12.5. The van der Waals surface area contributed by atoms with Crippen LogP contribution in [-0.4, -0.2) is 4.98 Å². The van der Waals surface area contributed by atoms with Crippen LogP contribution in [0, 0.1) is 5.82 Å². The lowest BCUT2D eigenvalue weighted by atomic mass is 10.3. The molecule has 0 amide bonds. The minimum atomic E-state index is -0.261. The summed E-state index contributed by atoms with van der Waals surface area (Å²) >= 11 is 4.89. The molecule has 0 saturated carbocycles. The Morgan fingerprint density at radius 1 is 1.11 bits per heavy atom. The van der Waals surface area contributed by atoms with Gasteiger partial charge in [-0.2, -0.15) is 0 Å². The summed E-state index contributed by atoms with van der Waals surface area (Å²) in [7, 11) is 0. The molecule has 1 N–H and O–H groups in total. The summed E-state index contributed by atoms with van der Waals surface area (Å²) in [6, 6.07) is 12.5. The van der Waals surface area contributed by atoms with Crippen molar-refractivity contribution in [3.63, 3.8) is 0 Å². The Morgan fingerprint density at radius 3 is 2.67 bits per heavy atom. The number of halogens is 2. The van der Waals surface area contributed by atoms with E-state index in [2.05, 4.69) is 26.2 Å². The molecule has 0 radical (unpaired) electrons. The summed E-state index contributed by atoms with van der Waals surface area (Å²) in [4.78, 5) is 4.35. The zero-order valence-electron chi connectivity index (χ0n) is 9.15. The molecule has 0 aliphatic heterocycles. The molecule has 0 spiro atoms. The Labute approximate surface area is 116 Å². The first-order valence-electron chi connectivity index (χ1n) is 5.29. The molecule has 2 nitrogen and oxygen atoms in total. The predicted octanol–water partition coefficient (Wildman–Crippen LogP) is 4.94. The number of anilines is 2. The average Bonchev–Trinajstić information content (AvgIpc) is 2.73. The molecular formula is C13H8BrFN2S. The lowest BCUT2D eigenvalue weighted by Crippen LogP contribution is -1.88. The van der Waals surface area contributed by atoms with Crippen LogP contribution in [0.3, 0.4) is 0 Å². The van der Waals surface area contributed by atoms with E-state index in [4.69, 9.17) is 0 Å². The first-order chi connectivity index (χ1) is 8.70. The second kappa shape index (κ2) is 4.66. The Morgan fingerprint density at radius 2 is 1.89 bits per heavy atom. The summed E-state index contributed by atoms with van der Waals surface area (Å²) < 4.78 is 15.1. The zero-order valence-corrected chi connectivity index (χ0v) is 11.6. The molecule has 0 unspecified atom stereocenters. The topological polar surface area (TPSA) is 24.9 Å². The van der Waals surface area contributed by atoms with Crippen LogP contribution in [0.4, 0.5) is 15.2 Å². The Balaban J connectivity index is 1.92. The van der Waals surface area contributed by atoms with Crippen molar-refractivity contribution >= 4 is 48.3 Å². The van der Waals surface area contributed by atoms with Crippen molar-refractivity contribution in [3.8, 4) is 0 Å². The molecule has 90 valence electrons. The van der Waals surface area contributed by atoms with Crippen LogP contribution >= 0.6 is 27.3 Å². The Kier molecular flexibility index (Phi) is 3.01. The fourth-order valence-corrected chi connectivity index (χ4v) is 2.74. The number of hydrogen-bond acceptors (Lipinski definition) is 3. The third kappa shape index (κ3) is 2.37. The molecule has 0 aliphatic rings. The predicted molar refractivity (Wildman–Crippen MR) is 77.0 cm³/mol. The maximum Gasteiger partial charge on any atom is 0.188 e. The smallest absolute Gasteiger partial charge is 0.188 e. The van der Waals surface area contributed by atoms with Crippen molar-refractivity contribution in [3.05, 3.63) is 52.8 Å². The van der Waals surface area contributed by atoms with Crippen molar-refractivity contribution in [1.82, 2.24) is 4.98 Å². The highest BCUT2D eigenvalue weighted by Gasteiger charge is 2.04. The van der Waals surface area contributed by atoms with Crippen molar-refractivity contribution < 1.29 is 4.39 Å².